The number of anilines is 1. The van der Waals surface area contributed by atoms with Crippen molar-refractivity contribution in [2.45, 2.75) is 31.1 Å². The summed E-state index contributed by atoms with van der Waals surface area (Å²) in [6.07, 6.45) is 1.89. The van der Waals surface area contributed by atoms with Crippen molar-refractivity contribution in [3.63, 3.8) is 0 Å². The molecule has 1 heterocycles. The van der Waals surface area contributed by atoms with Gasteiger partial charge in [-0.05, 0) is 42.8 Å². The Labute approximate surface area is 211 Å². The van der Waals surface area contributed by atoms with Gasteiger partial charge in [-0.3, -0.25) is 9.59 Å². The normalized spacial score (nSPS) is 11.5. The lowest BCUT2D eigenvalue weighted by molar-refractivity contribution is -0.121. The third-order valence-corrected chi connectivity index (χ3v) is 6.14. The predicted molar refractivity (Wildman–Crippen MR) is 134 cm³/mol. The molecule has 3 aromatic rings. The van der Waals surface area contributed by atoms with E-state index in [1.54, 1.807) is 29.9 Å². The Balaban J connectivity index is 1.60. The first-order valence-corrected chi connectivity index (χ1v) is 12.0. The summed E-state index contributed by atoms with van der Waals surface area (Å²) in [6.45, 7) is 5.98. The van der Waals surface area contributed by atoms with E-state index in [0.29, 0.717) is 23.2 Å². The number of benzene rings is 2. The number of hydrogen-bond donors (Lipinski definition) is 2. The van der Waals surface area contributed by atoms with Gasteiger partial charge in [-0.1, -0.05) is 41.6 Å². The second kappa shape index (κ2) is 12.4. The van der Waals surface area contributed by atoms with Gasteiger partial charge in [0.25, 0.3) is 0 Å². The van der Waals surface area contributed by atoms with Gasteiger partial charge in [0.15, 0.2) is 11.0 Å². The van der Waals surface area contributed by atoms with E-state index in [0.717, 1.165) is 11.3 Å². The van der Waals surface area contributed by atoms with Crippen LogP contribution in [-0.2, 0) is 22.6 Å². The Morgan fingerprint density at radius 3 is 2.63 bits per heavy atom. The zero-order chi connectivity index (χ0) is 25.4. The fourth-order valence-corrected chi connectivity index (χ4v) is 4.15. The molecule has 0 aliphatic heterocycles. The fraction of sp³-hybridized carbons (Fsp3) is 0.250. The Hall–Kier alpha value is -3.37. The van der Waals surface area contributed by atoms with Crippen LogP contribution in [0.25, 0.3) is 0 Å². The Kier molecular flexibility index (Phi) is 9.27. The minimum Gasteiger partial charge on any atom is -0.497 e. The number of halogens is 2. The van der Waals surface area contributed by atoms with Crippen LogP contribution in [0.2, 0.25) is 5.02 Å². The molecule has 0 spiro atoms. The van der Waals surface area contributed by atoms with Crippen LogP contribution >= 0.6 is 23.4 Å². The highest BCUT2D eigenvalue weighted by Crippen LogP contribution is 2.23. The molecule has 2 amide bonds. The van der Waals surface area contributed by atoms with Crippen LogP contribution < -0.4 is 15.4 Å². The van der Waals surface area contributed by atoms with Gasteiger partial charge in [0, 0.05) is 12.2 Å². The second-order valence-corrected chi connectivity index (χ2v) is 8.87. The summed E-state index contributed by atoms with van der Waals surface area (Å²) in [5.74, 6) is 0.272. The Morgan fingerprint density at radius 2 is 1.97 bits per heavy atom. The van der Waals surface area contributed by atoms with E-state index in [2.05, 4.69) is 27.4 Å². The fourth-order valence-electron chi connectivity index (χ4n) is 3.21. The third kappa shape index (κ3) is 7.30. The number of ether oxygens (including phenoxy) is 1. The average Bonchev–Trinajstić information content (AvgIpc) is 3.23. The highest BCUT2D eigenvalue weighted by molar-refractivity contribution is 7.99. The monoisotopic (exact) mass is 517 g/mol. The van der Waals surface area contributed by atoms with Crippen molar-refractivity contribution in [2.75, 3.05) is 18.2 Å². The van der Waals surface area contributed by atoms with Gasteiger partial charge < -0.3 is 19.9 Å². The summed E-state index contributed by atoms with van der Waals surface area (Å²) in [5.41, 5.74) is 1.25. The standard InChI is InChI=1S/C24H25ClFN5O3S/c1-4-11-31-23(15(2)27-21(32)12-16-5-8-18(34-3)9-6-16)29-30-24(31)35-14-22(33)28-17-7-10-20(26)19(25)13-17/h4-10,13,15H,1,11-12,14H2,2-3H3,(H,27,32)(H,28,33)/t15-/m0/s1. The third-order valence-electron chi connectivity index (χ3n) is 4.88. The molecule has 1 aromatic heterocycles. The van der Waals surface area contributed by atoms with Crippen molar-refractivity contribution in [3.8, 4) is 5.75 Å². The summed E-state index contributed by atoms with van der Waals surface area (Å²) >= 11 is 6.94. The lowest BCUT2D eigenvalue weighted by atomic mass is 10.1. The average molecular weight is 518 g/mol. The first-order valence-electron chi connectivity index (χ1n) is 10.6. The van der Waals surface area contributed by atoms with Crippen LogP contribution in [0.1, 0.15) is 24.4 Å². The molecule has 0 radical (unpaired) electrons. The minimum atomic E-state index is -0.561. The number of thioether (sulfide) groups is 1. The summed E-state index contributed by atoms with van der Waals surface area (Å²) in [4.78, 5) is 24.9. The zero-order valence-corrected chi connectivity index (χ0v) is 20.8. The van der Waals surface area contributed by atoms with Gasteiger partial charge in [-0.25, -0.2) is 4.39 Å². The maximum atomic E-state index is 13.3. The number of carbonyl (C=O) groups is 2. The summed E-state index contributed by atoms with van der Waals surface area (Å²) < 4.78 is 20.2. The zero-order valence-electron chi connectivity index (χ0n) is 19.3. The maximum absolute atomic E-state index is 13.3. The van der Waals surface area contributed by atoms with Crippen molar-refractivity contribution in [1.82, 2.24) is 20.1 Å². The first kappa shape index (κ1) is 26.2. The molecule has 1 atom stereocenters. The van der Waals surface area contributed by atoms with Gasteiger partial charge >= 0.3 is 0 Å². The first-order chi connectivity index (χ1) is 16.8. The van der Waals surface area contributed by atoms with Gasteiger partial charge in [0.1, 0.15) is 11.6 Å². The van der Waals surface area contributed by atoms with Crippen LogP contribution in [0.3, 0.4) is 0 Å². The number of hydrogen-bond acceptors (Lipinski definition) is 6. The molecule has 11 heteroatoms. The van der Waals surface area contributed by atoms with Gasteiger partial charge in [-0.2, -0.15) is 0 Å². The van der Waals surface area contributed by atoms with E-state index in [9.17, 15) is 14.0 Å². The summed E-state index contributed by atoms with van der Waals surface area (Å²) in [7, 11) is 1.59. The Morgan fingerprint density at radius 1 is 1.23 bits per heavy atom. The molecule has 184 valence electrons. The molecule has 3 rings (SSSR count). The quantitative estimate of drug-likeness (QED) is 0.289. The van der Waals surface area contributed by atoms with E-state index in [1.165, 1.54) is 30.0 Å². The molecule has 8 nitrogen and oxygen atoms in total. The van der Waals surface area contributed by atoms with Gasteiger partial charge in [0.2, 0.25) is 11.8 Å². The van der Waals surface area contributed by atoms with E-state index in [4.69, 9.17) is 16.3 Å². The van der Waals surface area contributed by atoms with Gasteiger partial charge in [-0.15, -0.1) is 16.8 Å². The van der Waals surface area contributed by atoms with E-state index < -0.39 is 11.9 Å². The lowest BCUT2D eigenvalue weighted by Crippen LogP contribution is -2.30. The largest absolute Gasteiger partial charge is 0.497 e. The molecule has 0 unspecified atom stereocenters. The second-order valence-electron chi connectivity index (χ2n) is 7.52. The molecular weight excluding hydrogens is 493 g/mol. The summed E-state index contributed by atoms with van der Waals surface area (Å²) in [5, 5.41) is 14.4. The molecule has 0 saturated heterocycles. The number of methoxy groups -OCH3 is 1. The van der Waals surface area contributed by atoms with Gasteiger partial charge in [0.05, 0.1) is 30.3 Å². The number of amides is 2. The molecule has 2 N–H and O–H groups in total. The summed E-state index contributed by atoms with van der Waals surface area (Å²) in [6, 6.07) is 10.8. The number of aromatic nitrogens is 3. The van der Waals surface area contributed by atoms with Crippen LogP contribution in [-0.4, -0.2) is 39.4 Å². The van der Waals surface area contributed by atoms with E-state index >= 15 is 0 Å². The molecule has 35 heavy (non-hydrogen) atoms. The highest BCUT2D eigenvalue weighted by Gasteiger charge is 2.20. The van der Waals surface area contributed by atoms with E-state index in [-0.39, 0.29) is 29.0 Å². The number of nitrogens with one attached hydrogen (secondary N) is 2. The van der Waals surface area contributed by atoms with Crippen molar-refractivity contribution in [1.29, 1.82) is 0 Å². The SMILES string of the molecule is C=CCn1c(SCC(=O)Nc2ccc(F)c(Cl)c2)nnc1[C@H](C)NC(=O)Cc1ccc(OC)cc1. The van der Waals surface area contributed by atoms with Crippen molar-refractivity contribution in [3.05, 3.63) is 77.3 Å². The topological polar surface area (TPSA) is 98.1 Å². The molecule has 2 aromatic carbocycles. The smallest absolute Gasteiger partial charge is 0.234 e. The lowest BCUT2D eigenvalue weighted by Gasteiger charge is -2.15. The molecule has 0 bridgehead atoms. The van der Waals surface area contributed by atoms with E-state index in [1.807, 2.05) is 19.1 Å². The predicted octanol–water partition coefficient (Wildman–Crippen LogP) is 4.42. The van der Waals surface area contributed by atoms with Crippen molar-refractivity contribution in [2.24, 2.45) is 0 Å². The molecule has 0 aliphatic carbocycles. The number of carbonyl (C=O) groups excluding carboxylic acids is 2. The van der Waals surface area contributed by atoms with Crippen molar-refractivity contribution < 1.29 is 18.7 Å². The van der Waals surface area contributed by atoms with Crippen LogP contribution in [0, 0.1) is 5.82 Å². The van der Waals surface area contributed by atoms with Crippen molar-refractivity contribution >= 4 is 40.9 Å². The number of rotatable bonds is 11. The maximum Gasteiger partial charge on any atom is 0.234 e. The molecular formula is C24H25ClFN5O3S. The Bertz CT molecular complexity index is 1200. The highest BCUT2D eigenvalue weighted by atomic mass is 35.5. The number of nitrogens with zero attached hydrogens (tertiary/aromatic N) is 3. The minimum absolute atomic E-state index is 0.0441. The molecule has 0 saturated carbocycles. The molecule has 0 fully saturated rings. The van der Waals surface area contributed by atoms with Crippen LogP contribution in [0.15, 0.2) is 60.3 Å². The van der Waals surface area contributed by atoms with Crippen LogP contribution in [0.4, 0.5) is 10.1 Å². The molecule has 0 aliphatic rings. The number of allylic oxidation sites excluding steroid dienone is 1. The van der Waals surface area contributed by atoms with Crippen LogP contribution in [0.5, 0.6) is 5.75 Å².